The first-order chi connectivity index (χ1) is 8.60. The number of amides is 1. The average molecular weight is 283 g/mol. The highest BCUT2D eigenvalue weighted by Gasteiger charge is 2.10. The number of carbonyl (C=O) groups excluding carboxylic acids is 1. The van der Waals surface area contributed by atoms with Gasteiger partial charge in [0.05, 0.1) is 23.3 Å². The number of nitrogens with one attached hydrogen (secondary N) is 1. The van der Waals surface area contributed by atoms with Crippen LogP contribution in [0.1, 0.15) is 14.7 Å². The number of nitrogens with zero attached hydrogens (tertiary/aromatic N) is 1. The van der Waals surface area contributed by atoms with Crippen LogP contribution in [0, 0.1) is 6.92 Å². The van der Waals surface area contributed by atoms with Gasteiger partial charge in [0.2, 0.25) is 0 Å². The van der Waals surface area contributed by atoms with Gasteiger partial charge in [-0.25, -0.2) is 4.98 Å². The highest BCUT2D eigenvalue weighted by Crippen LogP contribution is 2.27. The number of hydrogen-bond donors (Lipinski definition) is 1. The van der Waals surface area contributed by atoms with Crippen molar-refractivity contribution in [2.45, 2.75) is 6.92 Å². The number of anilines is 1. The second kappa shape index (κ2) is 5.37. The van der Waals surface area contributed by atoms with Gasteiger partial charge in [-0.1, -0.05) is 11.6 Å². The number of rotatable bonds is 3. The summed E-state index contributed by atoms with van der Waals surface area (Å²) >= 11 is 7.32. The average Bonchev–Trinajstić information content (AvgIpc) is 2.76. The third kappa shape index (κ3) is 2.80. The van der Waals surface area contributed by atoms with Gasteiger partial charge in [-0.2, -0.15) is 0 Å². The van der Waals surface area contributed by atoms with Crippen LogP contribution in [-0.2, 0) is 0 Å². The number of thiazole rings is 1. The maximum atomic E-state index is 11.9. The second-order valence-electron chi connectivity index (χ2n) is 3.55. The lowest BCUT2D eigenvalue weighted by Crippen LogP contribution is -2.10. The van der Waals surface area contributed by atoms with E-state index in [4.69, 9.17) is 16.3 Å². The maximum Gasteiger partial charge on any atom is 0.267 e. The molecule has 0 atom stereocenters. The van der Waals surface area contributed by atoms with Crippen LogP contribution >= 0.6 is 22.9 Å². The zero-order valence-electron chi connectivity index (χ0n) is 9.86. The van der Waals surface area contributed by atoms with Crippen molar-refractivity contribution >= 4 is 34.5 Å². The van der Waals surface area contributed by atoms with Gasteiger partial charge in [-0.3, -0.25) is 4.79 Å². The topological polar surface area (TPSA) is 51.2 Å². The molecule has 0 spiro atoms. The molecule has 18 heavy (non-hydrogen) atoms. The molecule has 0 aliphatic carbocycles. The number of ether oxygens (including phenoxy) is 1. The van der Waals surface area contributed by atoms with Crippen molar-refractivity contribution in [3.8, 4) is 5.75 Å². The van der Waals surface area contributed by atoms with Crippen LogP contribution in [0.2, 0.25) is 5.02 Å². The van der Waals surface area contributed by atoms with Gasteiger partial charge < -0.3 is 10.1 Å². The molecule has 1 amide bonds. The zero-order chi connectivity index (χ0) is 13.1. The van der Waals surface area contributed by atoms with Crippen molar-refractivity contribution in [1.29, 1.82) is 0 Å². The van der Waals surface area contributed by atoms with E-state index in [1.54, 1.807) is 31.5 Å². The van der Waals surface area contributed by atoms with Gasteiger partial charge in [0.25, 0.3) is 5.91 Å². The smallest absolute Gasteiger partial charge is 0.267 e. The predicted octanol–water partition coefficient (Wildman–Crippen LogP) is 3.37. The van der Waals surface area contributed by atoms with Crippen LogP contribution < -0.4 is 10.1 Å². The fourth-order valence-electron chi connectivity index (χ4n) is 1.40. The number of aryl methyl sites for hydroxylation is 1. The summed E-state index contributed by atoms with van der Waals surface area (Å²) in [6.07, 6.45) is 1.56. The molecule has 4 nitrogen and oxygen atoms in total. The molecule has 1 N–H and O–H groups in total. The summed E-state index contributed by atoms with van der Waals surface area (Å²) in [6, 6.07) is 5.08. The molecule has 2 rings (SSSR count). The third-order valence-electron chi connectivity index (χ3n) is 2.25. The number of halogens is 1. The monoisotopic (exact) mass is 282 g/mol. The Morgan fingerprint density at radius 1 is 1.50 bits per heavy atom. The van der Waals surface area contributed by atoms with E-state index in [-0.39, 0.29) is 5.91 Å². The van der Waals surface area contributed by atoms with E-state index in [2.05, 4.69) is 10.3 Å². The van der Waals surface area contributed by atoms with Gasteiger partial charge in [-0.05, 0) is 25.1 Å². The summed E-state index contributed by atoms with van der Waals surface area (Å²) in [5.74, 6) is 0.380. The van der Waals surface area contributed by atoms with E-state index >= 15 is 0 Å². The molecule has 1 aromatic heterocycles. The Morgan fingerprint density at radius 3 is 2.83 bits per heavy atom. The largest absolute Gasteiger partial charge is 0.495 e. The van der Waals surface area contributed by atoms with Crippen LogP contribution in [-0.4, -0.2) is 18.0 Å². The molecule has 0 fully saturated rings. The van der Waals surface area contributed by atoms with E-state index in [1.165, 1.54) is 11.3 Å². The lowest BCUT2D eigenvalue weighted by atomic mass is 10.3. The number of aromatic nitrogens is 1. The number of benzene rings is 1. The second-order valence-corrected chi connectivity index (χ2v) is 5.19. The van der Waals surface area contributed by atoms with Crippen LogP contribution in [0.4, 0.5) is 5.69 Å². The Labute approximate surface area is 114 Å². The van der Waals surface area contributed by atoms with Crippen molar-refractivity contribution in [1.82, 2.24) is 4.98 Å². The van der Waals surface area contributed by atoms with E-state index in [0.29, 0.717) is 21.3 Å². The molecule has 0 unspecified atom stereocenters. The fourth-order valence-corrected chi connectivity index (χ4v) is 2.33. The highest BCUT2D eigenvalue weighted by atomic mass is 35.5. The highest BCUT2D eigenvalue weighted by molar-refractivity contribution is 7.13. The lowest BCUT2D eigenvalue weighted by Gasteiger charge is -2.06. The summed E-state index contributed by atoms with van der Waals surface area (Å²) in [7, 11) is 1.54. The minimum atomic E-state index is -0.193. The van der Waals surface area contributed by atoms with Crippen molar-refractivity contribution in [3.63, 3.8) is 0 Å². The summed E-state index contributed by atoms with van der Waals surface area (Å²) in [5, 5.41) is 4.06. The number of hydrogen-bond acceptors (Lipinski definition) is 4. The Balaban J connectivity index is 2.14. The number of methoxy groups -OCH3 is 1. The molecular formula is C12H11ClN2O2S. The first-order valence-electron chi connectivity index (χ1n) is 5.17. The Kier molecular flexibility index (Phi) is 3.84. The molecule has 0 aliphatic rings. The van der Waals surface area contributed by atoms with Crippen molar-refractivity contribution in [2.75, 3.05) is 12.4 Å². The standard InChI is InChI=1S/C12H11ClN2O2S/c1-7-14-6-11(18-7)12(16)15-8-3-4-10(17-2)9(13)5-8/h3-6H,1-2H3,(H,15,16). The fraction of sp³-hybridized carbons (Fsp3) is 0.167. The van der Waals surface area contributed by atoms with Crippen LogP contribution in [0.25, 0.3) is 0 Å². The summed E-state index contributed by atoms with van der Waals surface area (Å²) in [4.78, 5) is 16.5. The van der Waals surface area contributed by atoms with Gasteiger partial charge >= 0.3 is 0 Å². The molecule has 0 bridgehead atoms. The van der Waals surface area contributed by atoms with Crippen molar-refractivity contribution in [3.05, 3.63) is 39.3 Å². The molecule has 1 aromatic carbocycles. The van der Waals surface area contributed by atoms with Gasteiger partial charge in [-0.15, -0.1) is 11.3 Å². The van der Waals surface area contributed by atoms with Gasteiger partial charge in [0.1, 0.15) is 10.6 Å². The first-order valence-corrected chi connectivity index (χ1v) is 6.37. The maximum absolute atomic E-state index is 11.9. The molecule has 6 heteroatoms. The molecule has 0 radical (unpaired) electrons. The van der Waals surface area contributed by atoms with Crippen LogP contribution in [0.5, 0.6) is 5.75 Å². The molecule has 0 aliphatic heterocycles. The zero-order valence-corrected chi connectivity index (χ0v) is 11.4. The van der Waals surface area contributed by atoms with Crippen LogP contribution in [0.15, 0.2) is 24.4 Å². The SMILES string of the molecule is COc1ccc(NC(=O)c2cnc(C)s2)cc1Cl. The summed E-state index contributed by atoms with van der Waals surface area (Å²) < 4.78 is 5.04. The van der Waals surface area contributed by atoms with Gasteiger partial charge in [0, 0.05) is 5.69 Å². The molecule has 0 saturated heterocycles. The molecular weight excluding hydrogens is 272 g/mol. The van der Waals surface area contributed by atoms with E-state index in [1.807, 2.05) is 6.92 Å². The molecule has 1 heterocycles. The van der Waals surface area contributed by atoms with Crippen molar-refractivity contribution < 1.29 is 9.53 Å². The van der Waals surface area contributed by atoms with E-state index in [9.17, 15) is 4.79 Å². The molecule has 0 saturated carbocycles. The normalized spacial score (nSPS) is 10.2. The summed E-state index contributed by atoms with van der Waals surface area (Å²) in [5.41, 5.74) is 0.622. The Hall–Kier alpha value is -1.59. The minimum Gasteiger partial charge on any atom is -0.495 e. The van der Waals surface area contributed by atoms with E-state index in [0.717, 1.165) is 5.01 Å². The first kappa shape index (κ1) is 12.9. The van der Waals surface area contributed by atoms with Crippen LogP contribution in [0.3, 0.4) is 0 Å². The van der Waals surface area contributed by atoms with Crippen molar-refractivity contribution in [2.24, 2.45) is 0 Å². The quantitative estimate of drug-likeness (QED) is 0.939. The summed E-state index contributed by atoms with van der Waals surface area (Å²) in [6.45, 7) is 1.85. The Bertz CT molecular complexity index is 583. The predicted molar refractivity (Wildman–Crippen MR) is 72.8 cm³/mol. The lowest BCUT2D eigenvalue weighted by molar-refractivity contribution is 0.103. The van der Waals surface area contributed by atoms with E-state index < -0.39 is 0 Å². The molecule has 2 aromatic rings. The molecule has 94 valence electrons. The van der Waals surface area contributed by atoms with Gasteiger partial charge in [0.15, 0.2) is 0 Å². The number of carbonyl (C=O) groups is 1. The third-order valence-corrected chi connectivity index (χ3v) is 3.46. The Morgan fingerprint density at radius 2 is 2.28 bits per heavy atom. The minimum absolute atomic E-state index is 0.193.